The van der Waals surface area contributed by atoms with Crippen LogP contribution in [0.5, 0.6) is 0 Å². The van der Waals surface area contributed by atoms with Crippen molar-refractivity contribution < 1.29 is 19.8 Å². The fourth-order valence-corrected chi connectivity index (χ4v) is 4.94. The normalized spacial score (nSPS) is 17.4. The molecule has 4 aromatic rings. The molecule has 39 heavy (non-hydrogen) atoms. The molecule has 1 fully saturated rings. The Bertz CT molecular complexity index is 1490. The number of hydrogen-bond donors (Lipinski definition) is 4. The predicted molar refractivity (Wildman–Crippen MR) is 143 cm³/mol. The number of carbonyl (C=O) groups is 2. The fourth-order valence-electron chi connectivity index (χ4n) is 4.76. The molecule has 2 amide bonds. The van der Waals surface area contributed by atoms with E-state index in [1.807, 2.05) is 0 Å². The maximum atomic E-state index is 13.5. The Morgan fingerprint density at radius 3 is 2.74 bits per heavy atom. The van der Waals surface area contributed by atoms with Crippen LogP contribution in [0.15, 0.2) is 61.1 Å². The van der Waals surface area contributed by atoms with Crippen molar-refractivity contribution in [2.24, 2.45) is 5.92 Å². The summed E-state index contributed by atoms with van der Waals surface area (Å²) in [6, 6.07) is 11.6. The second-order valence-corrected chi connectivity index (χ2v) is 9.47. The van der Waals surface area contributed by atoms with Crippen LogP contribution in [0.2, 0.25) is 5.02 Å². The number of likely N-dealkylation sites (tertiary alicyclic amines) is 1. The highest BCUT2D eigenvalue weighted by Crippen LogP contribution is 2.36. The van der Waals surface area contributed by atoms with Gasteiger partial charge in [-0.3, -0.25) is 10.1 Å². The summed E-state index contributed by atoms with van der Waals surface area (Å²) in [6.45, 7) is 0.410. The molecule has 0 aliphatic carbocycles. The zero-order valence-electron chi connectivity index (χ0n) is 20.6. The van der Waals surface area contributed by atoms with Crippen LogP contribution < -0.4 is 5.32 Å². The standard InChI is InChI=1S/C26H25ClN8O4/c27-19-6-9-22(35-15-29-32-33-35)17(12-19)5-10-23(37)34-11-1-2-18(14-36)24(34)25-28-13-21(31-25)16-3-7-20(8-4-16)30-26(38)39/h3-10,12-13,15,18,24,30,36H,1-2,11,14H2,(H,28,31)(H,38,39)/b10-5+/t18-,24-/m0/s1. The van der Waals surface area contributed by atoms with Crippen LogP contribution in [0.3, 0.4) is 0 Å². The Kier molecular flexibility index (Phi) is 7.66. The molecule has 13 heteroatoms. The number of amides is 2. The van der Waals surface area contributed by atoms with Gasteiger partial charge in [-0.05, 0) is 59.7 Å². The minimum Gasteiger partial charge on any atom is -0.465 e. The Balaban J connectivity index is 1.40. The topological polar surface area (TPSA) is 162 Å². The second kappa shape index (κ2) is 11.5. The molecule has 0 unspecified atom stereocenters. The quantitative estimate of drug-likeness (QED) is 0.253. The van der Waals surface area contributed by atoms with Gasteiger partial charge in [-0.25, -0.2) is 9.78 Å². The summed E-state index contributed by atoms with van der Waals surface area (Å²) < 4.78 is 1.49. The molecule has 0 bridgehead atoms. The summed E-state index contributed by atoms with van der Waals surface area (Å²) in [7, 11) is 0. The van der Waals surface area contributed by atoms with Crippen LogP contribution >= 0.6 is 11.6 Å². The first-order chi connectivity index (χ1) is 18.9. The number of H-pyrrole nitrogens is 1. The van der Waals surface area contributed by atoms with E-state index in [4.69, 9.17) is 21.7 Å². The van der Waals surface area contributed by atoms with Crippen LogP contribution in [-0.4, -0.2) is 70.4 Å². The minimum absolute atomic E-state index is 0.0957. The van der Waals surface area contributed by atoms with E-state index in [0.717, 1.165) is 18.4 Å². The molecule has 200 valence electrons. The SMILES string of the molecule is O=C(O)Nc1ccc(-c2c[nH]c([C@@H]3[C@H](CO)CCCN3C(=O)/C=C/c3cc(Cl)ccc3-n3cnnn3)n2)cc1. The van der Waals surface area contributed by atoms with Crippen molar-refractivity contribution in [3.8, 4) is 16.9 Å². The molecule has 0 spiro atoms. The lowest BCUT2D eigenvalue weighted by molar-refractivity contribution is -0.132. The number of nitrogens with zero attached hydrogens (tertiary/aromatic N) is 6. The Morgan fingerprint density at radius 1 is 1.21 bits per heavy atom. The average Bonchev–Trinajstić information content (AvgIpc) is 3.64. The smallest absolute Gasteiger partial charge is 0.409 e. The summed E-state index contributed by atoms with van der Waals surface area (Å²) in [5.41, 5.74) is 3.19. The first kappa shape index (κ1) is 26.1. The van der Waals surface area contributed by atoms with Crippen LogP contribution in [0, 0.1) is 5.92 Å². The highest BCUT2D eigenvalue weighted by molar-refractivity contribution is 6.30. The van der Waals surface area contributed by atoms with Crippen LogP contribution in [-0.2, 0) is 4.79 Å². The third-order valence-electron chi connectivity index (χ3n) is 6.57. The largest absolute Gasteiger partial charge is 0.465 e. The number of aromatic amines is 1. The Labute approximate surface area is 227 Å². The first-order valence-corrected chi connectivity index (χ1v) is 12.6. The number of imidazole rings is 1. The number of aliphatic hydroxyl groups excluding tert-OH is 1. The van der Waals surface area contributed by atoms with E-state index in [1.54, 1.807) is 59.6 Å². The highest BCUT2D eigenvalue weighted by Gasteiger charge is 2.36. The predicted octanol–water partition coefficient (Wildman–Crippen LogP) is 3.78. The van der Waals surface area contributed by atoms with Crippen molar-refractivity contribution in [3.05, 3.63) is 77.5 Å². The minimum atomic E-state index is -1.14. The summed E-state index contributed by atoms with van der Waals surface area (Å²) in [4.78, 5) is 34.0. The van der Waals surface area contributed by atoms with Gasteiger partial charge in [-0.15, -0.1) is 5.10 Å². The zero-order valence-corrected chi connectivity index (χ0v) is 21.4. The van der Waals surface area contributed by atoms with Crippen molar-refractivity contribution >= 4 is 35.4 Å². The zero-order chi connectivity index (χ0) is 27.4. The lowest BCUT2D eigenvalue weighted by atomic mass is 9.89. The van der Waals surface area contributed by atoms with Gasteiger partial charge in [0.25, 0.3) is 0 Å². The number of tetrazole rings is 1. The van der Waals surface area contributed by atoms with Gasteiger partial charge in [0.05, 0.1) is 17.4 Å². The molecule has 4 N–H and O–H groups in total. The number of benzene rings is 2. The number of nitrogens with one attached hydrogen (secondary N) is 2. The number of carbonyl (C=O) groups excluding carboxylic acids is 1. The molecule has 1 aliphatic heterocycles. The third-order valence-corrected chi connectivity index (χ3v) is 6.81. The monoisotopic (exact) mass is 548 g/mol. The number of anilines is 1. The molecule has 1 saturated heterocycles. The molecule has 0 saturated carbocycles. The maximum absolute atomic E-state index is 13.5. The van der Waals surface area contributed by atoms with Gasteiger partial charge in [0, 0.05) is 53.2 Å². The average molecular weight is 549 g/mol. The van der Waals surface area contributed by atoms with Crippen LogP contribution in [0.1, 0.15) is 30.3 Å². The van der Waals surface area contributed by atoms with Crippen molar-refractivity contribution in [2.45, 2.75) is 18.9 Å². The van der Waals surface area contributed by atoms with E-state index in [1.165, 1.54) is 17.1 Å². The number of carboxylic acid groups (broad SMARTS) is 1. The van der Waals surface area contributed by atoms with E-state index in [0.29, 0.717) is 40.0 Å². The van der Waals surface area contributed by atoms with E-state index >= 15 is 0 Å². The molecule has 0 radical (unpaired) electrons. The molecule has 2 aromatic heterocycles. The molecule has 12 nitrogen and oxygen atoms in total. The highest BCUT2D eigenvalue weighted by atomic mass is 35.5. The molecule has 5 rings (SSSR count). The Hall–Kier alpha value is -4.55. The molecule has 2 atom stereocenters. The van der Waals surface area contributed by atoms with E-state index in [-0.39, 0.29) is 18.4 Å². The maximum Gasteiger partial charge on any atom is 0.409 e. The lowest BCUT2D eigenvalue weighted by Gasteiger charge is -2.39. The summed E-state index contributed by atoms with van der Waals surface area (Å²) in [5, 5.41) is 33.1. The number of aliphatic hydroxyl groups is 1. The van der Waals surface area contributed by atoms with Gasteiger partial charge in [-0.2, -0.15) is 4.68 Å². The van der Waals surface area contributed by atoms with Crippen LogP contribution in [0.25, 0.3) is 23.0 Å². The molecular weight excluding hydrogens is 524 g/mol. The number of hydrogen-bond acceptors (Lipinski definition) is 7. The Morgan fingerprint density at radius 2 is 2.03 bits per heavy atom. The first-order valence-electron chi connectivity index (χ1n) is 12.2. The lowest BCUT2D eigenvalue weighted by Crippen LogP contribution is -2.43. The van der Waals surface area contributed by atoms with E-state index in [9.17, 15) is 14.7 Å². The molecule has 1 aliphatic rings. The second-order valence-electron chi connectivity index (χ2n) is 9.03. The van der Waals surface area contributed by atoms with Crippen molar-refractivity contribution in [2.75, 3.05) is 18.5 Å². The fraction of sp³-hybridized carbons (Fsp3) is 0.231. The molecule has 3 heterocycles. The number of aromatic nitrogens is 6. The van der Waals surface area contributed by atoms with Gasteiger partial charge in [0.1, 0.15) is 12.2 Å². The number of rotatable bonds is 7. The van der Waals surface area contributed by atoms with Gasteiger partial charge in [-0.1, -0.05) is 23.7 Å². The molecule has 2 aromatic carbocycles. The third kappa shape index (κ3) is 5.81. The van der Waals surface area contributed by atoms with Gasteiger partial charge in [0.2, 0.25) is 5.91 Å². The van der Waals surface area contributed by atoms with Gasteiger partial charge >= 0.3 is 6.09 Å². The summed E-state index contributed by atoms with van der Waals surface area (Å²) >= 11 is 6.21. The number of halogens is 1. The van der Waals surface area contributed by atoms with E-state index < -0.39 is 12.1 Å². The van der Waals surface area contributed by atoms with Crippen LogP contribution in [0.4, 0.5) is 10.5 Å². The van der Waals surface area contributed by atoms with E-state index in [2.05, 4.69) is 25.8 Å². The van der Waals surface area contributed by atoms with Gasteiger partial charge in [0.15, 0.2) is 0 Å². The number of piperidine rings is 1. The summed E-state index contributed by atoms with van der Waals surface area (Å²) in [5.74, 6) is 0.137. The van der Waals surface area contributed by atoms with Crippen molar-refractivity contribution in [1.82, 2.24) is 35.1 Å². The van der Waals surface area contributed by atoms with Crippen molar-refractivity contribution in [1.29, 1.82) is 0 Å². The molecular formula is C26H25ClN8O4. The summed E-state index contributed by atoms with van der Waals surface area (Å²) in [6.07, 6.45) is 6.70. The van der Waals surface area contributed by atoms with Gasteiger partial charge < -0.3 is 20.1 Å². The van der Waals surface area contributed by atoms with Crippen molar-refractivity contribution in [3.63, 3.8) is 0 Å².